The average molecular weight is 333 g/mol. The summed E-state index contributed by atoms with van der Waals surface area (Å²) in [7, 11) is 0. The average Bonchev–Trinajstić information content (AvgIpc) is 3.27. The number of likely N-dealkylation sites (tertiary alicyclic amines) is 1. The number of nitrogens with zero attached hydrogens (tertiary/aromatic N) is 5. The fourth-order valence-electron chi connectivity index (χ4n) is 3.85. The lowest BCUT2D eigenvalue weighted by Gasteiger charge is -2.23. The van der Waals surface area contributed by atoms with Crippen LogP contribution in [0.3, 0.4) is 0 Å². The van der Waals surface area contributed by atoms with Crippen molar-refractivity contribution in [1.29, 1.82) is 0 Å². The second-order valence-electron chi connectivity index (χ2n) is 6.13. The van der Waals surface area contributed by atoms with Crippen LogP contribution in [0.2, 0.25) is 0 Å². The molecule has 2 aromatic heterocycles. The molecule has 1 saturated heterocycles. The Labute approximate surface area is 135 Å². The highest BCUT2D eigenvalue weighted by atomic mass is 32.1. The summed E-state index contributed by atoms with van der Waals surface area (Å²) in [6.45, 7) is 0.802. The van der Waals surface area contributed by atoms with Gasteiger partial charge in [0.2, 0.25) is 0 Å². The Morgan fingerprint density at radius 3 is 3.00 bits per heavy atom. The second-order valence-corrected chi connectivity index (χ2v) is 7.04. The van der Waals surface area contributed by atoms with Crippen molar-refractivity contribution in [3.63, 3.8) is 0 Å². The van der Waals surface area contributed by atoms with Gasteiger partial charge in [0.25, 0.3) is 5.91 Å². The molecule has 0 aromatic carbocycles. The SMILES string of the molecule is O=C(c1sccc1-n1cnnn1)N1C[C@@H]2CCC[C@@]2(C(=O)O)C1. The molecule has 1 saturated carbocycles. The van der Waals surface area contributed by atoms with E-state index in [0.29, 0.717) is 30.1 Å². The zero-order chi connectivity index (χ0) is 16.0. The number of fused-ring (bicyclic) bond motifs is 1. The summed E-state index contributed by atoms with van der Waals surface area (Å²) >= 11 is 1.32. The Balaban J connectivity index is 1.62. The number of thiophene rings is 1. The summed E-state index contributed by atoms with van der Waals surface area (Å²) < 4.78 is 1.45. The molecule has 23 heavy (non-hydrogen) atoms. The summed E-state index contributed by atoms with van der Waals surface area (Å²) in [5, 5.41) is 22.5. The maximum absolute atomic E-state index is 12.9. The van der Waals surface area contributed by atoms with Crippen molar-refractivity contribution in [3.8, 4) is 5.69 Å². The van der Waals surface area contributed by atoms with Crippen LogP contribution >= 0.6 is 11.3 Å². The lowest BCUT2D eigenvalue weighted by Crippen LogP contribution is -2.37. The Bertz CT molecular complexity index is 758. The quantitative estimate of drug-likeness (QED) is 0.901. The molecule has 1 aliphatic heterocycles. The van der Waals surface area contributed by atoms with Crippen LogP contribution < -0.4 is 0 Å². The summed E-state index contributed by atoms with van der Waals surface area (Å²) in [5.74, 6) is -0.858. The molecule has 0 radical (unpaired) electrons. The molecular formula is C14H15N5O3S. The first-order valence-corrected chi connectivity index (χ1v) is 8.33. The summed E-state index contributed by atoms with van der Waals surface area (Å²) in [6.07, 6.45) is 3.89. The van der Waals surface area contributed by atoms with E-state index in [9.17, 15) is 14.7 Å². The predicted octanol–water partition coefficient (Wildman–Crippen LogP) is 1.05. The van der Waals surface area contributed by atoms with Crippen molar-refractivity contribution in [2.24, 2.45) is 11.3 Å². The molecule has 2 aliphatic rings. The highest BCUT2D eigenvalue weighted by Gasteiger charge is 2.56. The number of carbonyl (C=O) groups excluding carboxylic acids is 1. The summed E-state index contributed by atoms with van der Waals surface area (Å²) in [5.41, 5.74) is -0.131. The van der Waals surface area contributed by atoms with Gasteiger partial charge in [-0.25, -0.2) is 0 Å². The number of hydrogen-bond acceptors (Lipinski definition) is 6. The number of carbonyl (C=O) groups is 2. The van der Waals surface area contributed by atoms with Gasteiger partial charge in [0.1, 0.15) is 11.2 Å². The molecule has 2 aromatic rings. The van der Waals surface area contributed by atoms with E-state index in [4.69, 9.17) is 0 Å². The summed E-state index contributed by atoms with van der Waals surface area (Å²) in [4.78, 5) is 26.8. The topological polar surface area (TPSA) is 101 Å². The monoisotopic (exact) mass is 333 g/mol. The Hall–Kier alpha value is -2.29. The maximum Gasteiger partial charge on any atom is 0.311 e. The lowest BCUT2D eigenvalue weighted by molar-refractivity contribution is -0.149. The smallest absolute Gasteiger partial charge is 0.311 e. The molecule has 0 bridgehead atoms. The van der Waals surface area contributed by atoms with E-state index >= 15 is 0 Å². The Morgan fingerprint density at radius 1 is 1.43 bits per heavy atom. The van der Waals surface area contributed by atoms with E-state index in [1.807, 2.05) is 5.38 Å². The van der Waals surface area contributed by atoms with Crippen molar-refractivity contribution >= 4 is 23.2 Å². The fourth-order valence-corrected chi connectivity index (χ4v) is 4.70. The first kappa shape index (κ1) is 14.3. The van der Waals surface area contributed by atoms with Crippen molar-refractivity contribution in [2.45, 2.75) is 19.3 Å². The van der Waals surface area contributed by atoms with Gasteiger partial charge in [-0.1, -0.05) is 6.42 Å². The second kappa shape index (κ2) is 5.12. The number of aliphatic carboxylic acids is 1. The van der Waals surface area contributed by atoms with E-state index in [-0.39, 0.29) is 11.8 Å². The van der Waals surface area contributed by atoms with Crippen molar-refractivity contribution in [3.05, 3.63) is 22.7 Å². The van der Waals surface area contributed by atoms with Gasteiger partial charge in [-0.15, -0.1) is 16.4 Å². The van der Waals surface area contributed by atoms with Crippen LogP contribution in [0, 0.1) is 11.3 Å². The minimum atomic E-state index is -0.776. The molecule has 120 valence electrons. The van der Waals surface area contributed by atoms with Crippen LogP contribution in [-0.2, 0) is 4.79 Å². The number of hydrogen-bond donors (Lipinski definition) is 1. The van der Waals surface area contributed by atoms with Crippen molar-refractivity contribution < 1.29 is 14.7 Å². The third-order valence-corrected chi connectivity index (χ3v) is 5.91. The Morgan fingerprint density at radius 2 is 2.30 bits per heavy atom. The molecular weight excluding hydrogens is 318 g/mol. The Kier molecular flexibility index (Phi) is 3.19. The zero-order valence-corrected chi connectivity index (χ0v) is 13.1. The molecule has 0 unspecified atom stereocenters. The molecule has 4 rings (SSSR count). The number of aromatic nitrogens is 4. The van der Waals surface area contributed by atoms with Gasteiger partial charge < -0.3 is 10.0 Å². The molecule has 0 spiro atoms. The van der Waals surface area contributed by atoms with Crippen LogP contribution in [0.25, 0.3) is 5.69 Å². The van der Waals surface area contributed by atoms with E-state index in [1.54, 1.807) is 11.0 Å². The van der Waals surface area contributed by atoms with Gasteiger partial charge in [0, 0.05) is 13.1 Å². The molecule has 8 nitrogen and oxygen atoms in total. The molecule has 2 atom stereocenters. The first-order chi connectivity index (χ1) is 11.1. The van der Waals surface area contributed by atoms with Gasteiger partial charge in [0.05, 0.1) is 11.1 Å². The molecule has 9 heteroatoms. The van der Waals surface area contributed by atoms with Crippen LogP contribution in [0.15, 0.2) is 17.8 Å². The maximum atomic E-state index is 12.9. The number of amides is 1. The number of rotatable bonds is 3. The van der Waals surface area contributed by atoms with Crippen LogP contribution in [-0.4, -0.2) is 55.2 Å². The van der Waals surface area contributed by atoms with E-state index in [2.05, 4.69) is 15.5 Å². The van der Waals surface area contributed by atoms with Crippen LogP contribution in [0.4, 0.5) is 0 Å². The molecule has 1 amide bonds. The van der Waals surface area contributed by atoms with Gasteiger partial charge in [-0.05, 0) is 40.6 Å². The van der Waals surface area contributed by atoms with Crippen molar-refractivity contribution in [2.75, 3.05) is 13.1 Å². The number of tetrazole rings is 1. The largest absolute Gasteiger partial charge is 0.481 e. The third kappa shape index (κ3) is 2.07. The zero-order valence-electron chi connectivity index (χ0n) is 12.3. The van der Waals surface area contributed by atoms with Crippen LogP contribution in [0.1, 0.15) is 28.9 Å². The minimum Gasteiger partial charge on any atom is -0.481 e. The van der Waals surface area contributed by atoms with E-state index < -0.39 is 11.4 Å². The lowest BCUT2D eigenvalue weighted by atomic mass is 9.81. The molecule has 2 fully saturated rings. The molecule has 1 N–H and O–H groups in total. The fraction of sp³-hybridized carbons (Fsp3) is 0.500. The predicted molar refractivity (Wildman–Crippen MR) is 80.3 cm³/mol. The molecule has 1 aliphatic carbocycles. The normalized spacial score (nSPS) is 26.4. The highest BCUT2D eigenvalue weighted by Crippen LogP contribution is 2.49. The van der Waals surface area contributed by atoms with Gasteiger partial charge in [-0.2, -0.15) is 4.68 Å². The third-order valence-electron chi connectivity index (χ3n) is 5.02. The minimum absolute atomic E-state index is 0.0559. The number of carboxylic acid groups (broad SMARTS) is 1. The van der Waals surface area contributed by atoms with Crippen molar-refractivity contribution in [1.82, 2.24) is 25.1 Å². The van der Waals surface area contributed by atoms with Gasteiger partial charge in [-0.3, -0.25) is 9.59 Å². The van der Waals surface area contributed by atoms with Gasteiger partial charge >= 0.3 is 5.97 Å². The van der Waals surface area contributed by atoms with E-state index in [1.165, 1.54) is 22.3 Å². The van der Waals surface area contributed by atoms with Gasteiger partial charge in [0.15, 0.2) is 0 Å². The van der Waals surface area contributed by atoms with Crippen LogP contribution in [0.5, 0.6) is 0 Å². The number of carboxylic acids is 1. The highest BCUT2D eigenvalue weighted by molar-refractivity contribution is 7.12. The molecule has 3 heterocycles. The standard InChI is InChI=1S/C14H15N5O3S/c20-12(11-10(3-5-23-11)19-8-15-16-17-19)18-6-9-2-1-4-14(9,7-18)13(21)22/h3,5,8-9H,1-2,4,6-7H2,(H,21,22)/t9-,14+/m0/s1. The van der Waals surface area contributed by atoms with E-state index in [0.717, 1.165) is 12.8 Å². The summed E-state index contributed by atoms with van der Waals surface area (Å²) in [6, 6.07) is 1.79. The first-order valence-electron chi connectivity index (χ1n) is 7.45.